The summed E-state index contributed by atoms with van der Waals surface area (Å²) >= 11 is 1.36. The van der Waals surface area contributed by atoms with Gasteiger partial charge < -0.3 is 15.0 Å². The van der Waals surface area contributed by atoms with E-state index in [2.05, 4.69) is 37.9 Å². The van der Waals surface area contributed by atoms with Crippen LogP contribution in [0.25, 0.3) is 0 Å². The molecule has 35 heavy (non-hydrogen) atoms. The summed E-state index contributed by atoms with van der Waals surface area (Å²) in [6.07, 6.45) is 3.21. The van der Waals surface area contributed by atoms with Gasteiger partial charge in [-0.25, -0.2) is 13.4 Å². The van der Waals surface area contributed by atoms with Crippen molar-refractivity contribution in [3.8, 4) is 0 Å². The molecule has 2 aliphatic heterocycles. The minimum atomic E-state index is -3.53. The van der Waals surface area contributed by atoms with E-state index >= 15 is 0 Å². The fraction of sp³-hybridized carbons (Fsp3) is 0.654. The van der Waals surface area contributed by atoms with Gasteiger partial charge in [0.05, 0.1) is 23.6 Å². The van der Waals surface area contributed by atoms with Gasteiger partial charge in [-0.2, -0.15) is 4.31 Å². The van der Waals surface area contributed by atoms with Crippen molar-refractivity contribution in [2.24, 2.45) is 5.92 Å². The highest BCUT2D eigenvalue weighted by Crippen LogP contribution is 2.47. The molecule has 0 aromatic carbocycles. The zero-order valence-electron chi connectivity index (χ0n) is 21.7. The normalized spacial score (nSPS) is 22.9. The second-order valence-electron chi connectivity index (χ2n) is 11.1. The van der Waals surface area contributed by atoms with E-state index in [1.807, 2.05) is 20.0 Å². The number of hydrogen-bond donors (Lipinski definition) is 1. The molecule has 5 rings (SSSR count). The number of thiophene rings is 1. The molecule has 1 atom stereocenters. The van der Waals surface area contributed by atoms with Crippen LogP contribution in [-0.2, 0) is 27.8 Å². The molecule has 2 fully saturated rings. The number of nitrogens with zero attached hydrogens (tertiary/aromatic N) is 3. The van der Waals surface area contributed by atoms with Crippen LogP contribution in [0.4, 0.5) is 11.5 Å². The average Bonchev–Trinajstić information content (AvgIpc) is 3.56. The van der Waals surface area contributed by atoms with Gasteiger partial charge in [0.15, 0.2) is 5.82 Å². The lowest BCUT2D eigenvalue weighted by Gasteiger charge is -2.44. The van der Waals surface area contributed by atoms with Gasteiger partial charge in [0, 0.05) is 55.5 Å². The highest BCUT2D eigenvalue weighted by atomic mass is 32.2. The first-order chi connectivity index (χ1) is 16.5. The fourth-order valence-corrected chi connectivity index (χ4v) is 8.61. The molecule has 1 unspecified atom stereocenters. The van der Waals surface area contributed by atoms with Crippen LogP contribution < -0.4 is 10.2 Å². The average molecular weight is 519 g/mol. The van der Waals surface area contributed by atoms with Crippen LogP contribution in [0.15, 0.2) is 16.3 Å². The highest BCUT2D eigenvalue weighted by Gasteiger charge is 2.41. The first-order valence-electron chi connectivity index (χ1n) is 12.7. The third kappa shape index (κ3) is 4.61. The molecule has 2 aromatic heterocycles. The molecule has 1 aliphatic carbocycles. The van der Waals surface area contributed by atoms with Crippen LogP contribution in [0.3, 0.4) is 0 Å². The Labute approximate surface area is 213 Å². The van der Waals surface area contributed by atoms with E-state index < -0.39 is 10.0 Å². The van der Waals surface area contributed by atoms with Crippen molar-refractivity contribution in [1.29, 1.82) is 0 Å². The van der Waals surface area contributed by atoms with Gasteiger partial charge in [-0.3, -0.25) is 0 Å². The summed E-state index contributed by atoms with van der Waals surface area (Å²) in [5.41, 5.74) is 4.63. The van der Waals surface area contributed by atoms with Crippen LogP contribution >= 0.6 is 11.3 Å². The Balaban J connectivity index is 1.52. The molecule has 1 saturated heterocycles. The molecule has 0 spiro atoms. The van der Waals surface area contributed by atoms with E-state index in [1.165, 1.54) is 41.0 Å². The molecular formula is C26H38N4O3S2. The third-order valence-electron chi connectivity index (χ3n) is 7.56. The lowest BCUT2D eigenvalue weighted by Crippen LogP contribution is -2.57. The van der Waals surface area contributed by atoms with Gasteiger partial charge in [0.2, 0.25) is 0 Å². The van der Waals surface area contributed by atoms with E-state index in [4.69, 9.17) is 9.72 Å². The number of nitrogens with one attached hydrogen (secondary N) is 1. The summed E-state index contributed by atoms with van der Waals surface area (Å²) < 4.78 is 35.5. The first-order valence-corrected chi connectivity index (χ1v) is 15.0. The second kappa shape index (κ2) is 9.01. The topological polar surface area (TPSA) is 74.8 Å². The number of aromatic nitrogens is 1. The van der Waals surface area contributed by atoms with Crippen LogP contribution in [0.2, 0.25) is 0 Å². The number of fused-ring (bicyclic) bond motifs is 1. The Bertz CT molecular complexity index is 1220. The Morgan fingerprint density at radius 1 is 1.20 bits per heavy atom. The summed E-state index contributed by atoms with van der Waals surface area (Å²) in [5.74, 6) is 1.67. The van der Waals surface area contributed by atoms with Crippen molar-refractivity contribution in [1.82, 2.24) is 9.29 Å². The molecule has 7 nitrogen and oxygen atoms in total. The molecule has 0 radical (unpaired) electrons. The number of sulfonamides is 1. The summed E-state index contributed by atoms with van der Waals surface area (Å²) in [6.45, 7) is 12.8. The van der Waals surface area contributed by atoms with Gasteiger partial charge in [-0.05, 0) is 57.2 Å². The van der Waals surface area contributed by atoms with Crippen molar-refractivity contribution in [2.45, 2.75) is 82.3 Å². The van der Waals surface area contributed by atoms with Crippen LogP contribution in [0, 0.1) is 12.8 Å². The van der Waals surface area contributed by atoms with Gasteiger partial charge in [0.1, 0.15) is 4.21 Å². The molecule has 0 amide bonds. The lowest BCUT2D eigenvalue weighted by atomic mass is 9.88. The zero-order chi connectivity index (χ0) is 25.1. The maximum atomic E-state index is 13.6. The lowest BCUT2D eigenvalue weighted by molar-refractivity contribution is -0.0404. The van der Waals surface area contributed by atoms with Crippen LogP contribution in [-0.4, -0.2) is 56.0 Å². The summed E-state index contributed by atoms with van der Waals surface area (Å²) in [5, 5.41) is 3.47. The SMILES string of the molecule is CNc1c(N2CCN(S(=O)(=O)c3ccc(C)s3)C(C(C)C)C2)nc(C2CC2)c2c1CC(C)(C)OC2. The summed E-state index contributed by atoms with van der Waals surface area (Å²) in [6, 6.07) is 3.51. The van der Waals surface area contributed by atoms with Crippen molar-refractivity contribution < 1.29 is 13.2 Å². The van der Waals surface area contributed by atoms with Crippen molar-refractivity contribution in [3.63, 3.8) is 0 Å². The fourth-order valence-electron chi connectivity index (χ4n) is 5.46. The molecule has 0 bridgehead atoms. The van der Waals surface area contributed by atoms with E-state index in [-0.39, 0.29) is 17.6 Å². The Morgan fingerprint density at radius 3 is 2.54 bits per heavy atom. The first kappa shape index (κ1) is 25.0. The van der Waals surface area contributed by atoms with Gasteiger partial charge in [0.25, 0.3) is 10.0 Å². The summed E-state index contributed by atoms with van der Waals surface area (Å²) in [4.78, 5) is 8.58. The maximum Gasteiger partial charge on any atom is 0.252 e. The van der Waals surface area contributed by atoms with Gasteiger partial charge >= 0.3 is 0 Å². The number of aryl methyl sites for hydroxylation is 1. The predicted molar refractivity (Wildman–Crippen MR) is 142 cm³/mol. The molecule has 3 aliphatic rings. The maximum absolute atomic E-state index is 13.6. The number of ether oxygens (including phenoxy) is 1. The summed E-state index contributed by atoms with van der Waals surface area (Å²) in [7, 11) is -1.55. The molecule has 2 aromatic rings. The molecule has 192 valence electrons. The molecule has 1 saturated carbocycles. The number of anilines is 2. The van der Waals surface area contributed by atoms with Crippen molar-refractivity contribution in [3.05, 3.63) is 33.8 Å². The Kier molecular flexibility index (Phi) is 6.43. The minimum Gasteiger partial charge on any atom is -0.385 e. The molecule has 4 heterocycles. The van der Waals surface area contributed by atoms with Gasteiger partial charge in [-0.1, -0.05) is 13.8 Å². The van der Waals surface area contributed by atoms with E-state index in [9.17, 15) is 8.42 Å². The van der Waals surface area contributed by atoms with Crippen LogP contribution in [0.5, 0.6) is 0 Å². The number of pyridine rings is 1. The largest absolute Gasteiger partial charge is 0.385 e. The third-order valence-corrected chi connectivity index (χ3v) is 11.0. The van der Waals surface area contributed by atoms with Crippen LogP contribution in [0.1, 0.15) is 68.2 Å². The van der Waals surface area contributed by atoms with E-state index in [0.717, 1.165) is 22.8 Å². The number of hydrogen-bond acceptors (Lipinski definition) is 7. The monoisotopic (exact) mass is 518 g/mol. The molecular weight excluding hydrogens is 480 g/mol. The second-order valence-corrected chi connectivity index (χ2v) is 14.5. The Morgan fingerprint density at radius 2 is 1.94 bits per heavy atom. The molecule has 1 N–H and O–H groups in total. The van der Waals surface area contributed by atoms with Crippen molar-refractivity contribution >= 4 is 32.9 Å². The van der Waals surface area contributed by atoms with E-state index in [0.29, 0.717) is 36.4 Å². The quantitative estimate of drug-likeness (QED) is 0.595. The number of piperazine rings is 1. The zero-order valence-corrected chi connectivity index (χ0v) is 23.4. The van der Waals surface area contributed by atoms with Crippen molar-refractivity contribution in [2.75, 3.05) is 36.9 Å². The number of rotatable bonds is 6. The van der Waals surface area contributed by atoms with Gasteiger partial charge in [-0.15, -0.1) is 11.3 Å². The Hall–Kier alpha value is -1.68. The smallest absolute Gasteiger partial charge is 0.252 e. The highest BCUT2D eigenvalue weighted by molar-refractivity contribution is 7.91. The van der Waals surface area contributed by atoms with E-state index in [1.54, 1.807) is 10.4 Å². The molecule has 9 heteroatoms. The standard InChI is InChI=1S/C26H38N4O3S2/c1-16(2)21-14-29(11-12-30(21)35(31,32)22-10-7-17(3)34-22)25-24(27-6)19-13-26(4,5)33-15-20(19)23(28-25)18-8-9-18/h7,10,16,18,21,27H,8-9,11-15H2,1-6H3. The minimum absolute atomic E-state index is 0.122. The predicted octanol–water partition coefficient (Wildman–Crippen LogP) is 4.76.